The van der Waals surface area contributed by atoms with Gasteiger partial charge in [-0.3, -0.25) is 9.52 Å². The first kappa shape index (κ1) is 21.8. The average Bonchev–Trinajstić information content (AvgIpc) is 3.29. The second-order valence-corrected chi connectivity index (χ2v) is 9.30. The largest absolute Gasteiger partial charge is 0.490 e. The summed E-state index contributed by atoms with van der Waals surface area (Å²) in [6, 6.07) is 18.1. The van der Waals surface area contributed by atoms with Crippen molar-refractivity contribution in [3.63, 3.8) is 0 Å². The highest BCUT2D eigenvalue weighted by atomic mass is 32.2. The highest BCUT2D eigenvalue weighted by Gasteiger charge is 2.18. The maximum absolute atomic E-state index is 13.8. The Balaban J connectivity index is 1.42. The van der Waals surface area contributed by atoms with Gasteiger partial charge in [-0.05, 0) is 74.2 Å². The van der Waals surface area contributed by atoms with Crippen LogP contribution in [0.3, 0.4) is 0 Å². The number of para-hydroxylation sites is 1. The SMILES string of the molecule is O=C(Nc1cccc(OC2CCCC2)c1)c1ccc(S(=O)(=O)Nc2ccccc2F)cc1. The number of hydrogen-bond acceptors (Lipinski definition) is 4. The molecule has 0 aliphatic heterocycles. The van der Waals surface area contributed by atoms with Crippen LogP contribution in [0.1, 0.15) is 36.0 Å². The number of nitrogens with one attached hydrogen (secondary N) is 2. The highest BCUT2D eigenvalue weighted by molar-refractivity contribution is 7.92. The number of ether oxygens (including phenoxy) is 1. The third-order valence-electron chi connectivity index (χ3n) is 5.24. The number of anilines is 2. The molecule has 6 nitrogen and oxygen atoms in total. The monoisotopic (exact) mass is 454 g/mol. The lowest BCUT2D eigenvalue weighted by Gasteiger charge is -2.14. The second kappa shape index (κ2) is 9.40. The molecule has 0 saturated heterocycles. The van der Waals surface area contributed by atoms with Gasteiger partial charge in [0.25, 0.3) is 15.9 Å². The van der Waals surface area contributed by atoms with Crippen molar-refractivity contribution < 1.29 is 22.3 Å². The Labute approximate surface area is 186 Å². The van der Waals surface area contributed by atoms with Crippen LogP contribution in [0.25, 0.3) is 0 Å². The van der Waals surface area contributed by atoms with E-state index in [0.717, 1.165) is 12.8 Å². The molecule has 0 unspecified atom stereocenters. The number of carbonyl (C=O) groups is 1. The first-order chi connectivity index (χ1) is 15.4. The molecule has 0 atom stereocenters. The van der Waals surface area contributed by atoms with E-state index in [1.165, 1.54) is 61.4 Å². The lowest BCUT2D eigenvalue weighted by molar-refractivity contribution is 0.102. The molecule has 0 spiro atoms. The Morgan fingerprint density at radius 2 is 1.66 bits per heavy atom. The van der Waals surface area contributed by atoms with Gasteiger partial charge in [0, 0.05) is 17.3 Å². The summed E-state index contributed by atoms with van der Waals surface area (Å²) < 4.78 is 47.0. The number of benzene rings is 3. The number of carbonyl (C=O) groups excluding carboxylic acids is 1. The van der Waals surface area contributed by atoms with Gasteiger partial charge >= 0.3 is 0 Å². The zero-order valence-electron chi connectivity index (χ0n) is 17.3. The smallest absolute Gasteiger partial charge is 0.261 e. The molecule has 3 aromatic carbocycles. The maximum atomic E-state index is 13.8. The molecule has 4 rings (SSSR count). The van der Waals surface area contributed by atoms with Crippen molar-refractivity contribution in [2.45, 2.75) is 36.7 Å². The van der Waals surface area contributed by atoms with E-state index in [0.29, 0.717) is 11.4 Å². The molecular weight excluding hydrogens is 431 g/mol. The van der Waals surface area contributed by atoms with Gasteiger partial charge in [0.15, 0.2) is 0 Å². The van der Waals surface area contributed by atoms with Crippen LogP contribution in [0.15, 0.2) is 77.7 Å². The van der Waals surface area contributed by atoms with Crippen LogP contribution < -0.4 is 14.8 Å². The van der Waals surface area contributed by atoms with Gasteiger partial charge in [0.1, 0.15) is 11.6 Å². The van der Waals surface area contributed by atoms with Crippen LogP contribution >= 0.6 is 0 Å². The van der Waals surface area contributed by atoms with Crippen LogP contribution in [0.2, 0.25) is 0 Å². The van der Waals surface area contributed by atoms with Crippen molar-refractivity contribution in [1.82, 2.24) is 0 Å². The number of hydrogen-bond donors (Lipinski definition) is 2. The lowest BCUT2D eigenvalue weighted by Crippen LogP contribution is -2.15. The standard InChI is InChI=1S/C24H23FN2O4S/c25-22-10-3-4-11-23(22)27-32(29,30)21-14-12-17(13-15-21)24(28)26-18-6-5-9-20(16-18)31-19-7-1-2-8-19/h3-6,9-16,19,27H,1-2,7-8H2,(H,26,28). The third kappa shape index (κ3) is 5.26. The van der Waals surface area contributed by atoms with Gasteiger partial charge in [-0.15, -0.1) is 0 Å². The lowest BCUT2D eigenvalue weighted by atomic mass is 10.2. The summed E-state index contributed by atoms with van der Waals surface area (Å²) >= 11 is 0. The Bertz CT molecular complexity index is 1210. The number of amides is 1. The van der Waals surface area contributed by atoms with Crippen LogP contribution in [-0.4, -0.2) is 20.4 Å². The molecule has 2 N–H and O–H groups in total. The molecule has 0 heterocycles. The molecule has 0 bridgehead atoms. The Morgan fingerprint density at radius 3 is 2.38 bits per heavy atom. The molecule has 8 heteroatoms. The quantitative estimate of drug-likeness (QED) is 0.514. The fourth-order valence-corrected chi connectivity index (χ4v) is 4.65. The van der Waals surface area contributed by atoms with Gasteiger partial charge < -0.3 is 10.1 Å². The molecule has 1 fully saturated rings. The van der Waals surface area contributed by atoms with Gasteiger partial charge in [-0.1, -0.05) is 18.2 Å². The summed E-state index contributed by atoms with van der Waals surface area (Å²) in [6.45, 7) is 0. The van der Waals surface area contributed by atoms with Crippen LogP contribution in [0.5, 0.6) is 5.75 Å². The molecule has 1 saturated carbocycles. The summed E-state index contributed by atoms with van der Waals surface area (Å²) in [5.41, 5.74) is 0.731. The molecular formula is C24H23FN2O4S. The van der Waals surface area contributed by atoms with E-state index in [9.17, 15) is 17.6 Å². The topological polar surface area (TPSA) is 84.5 Å². The molecule has 3 aromatic rings. The fraction of sp³-hybridized carbons (Fsp3) is 0.208. The zero-order valence-corrected chi connectivity index (χ0v) is 18.1. The molecule has 0 aromatic heterocycles. The van der Waals surface area contributed by atoms with Crippen molar-refractivity contribution in [2.75, 3.05) is 10.0 Å². The highest BCUT2D eigenvalue weighted by Crippen LogP contribution is 2.26. The first-order valence-corrected chi connectivity index (χ1v) is 11.8. The third-order valence-corrected chi connectivity index (χ3v) is 6.62. The molecule has 1 amide bonds. The number of sulfonamides is 1. The first-order valence-electron chi connectivity index (χ1n) is 10.4. The average molecular weight is 455 g/mol. The normalized spacial score (nSPS) is 14.2. The summed E-state index contributed by atoms with van der Waals surface area (Å²) in [5.74, 6) is -0.351. The number of halogens is 1. The van der Waals surface area contributed by atoms with Gasteiger partial charge in [0.05, 0.1) is 16.7 Å². The van der Waals surface area contributed by atoms with E-state index in [2.05, 4.69) is 10.0 Å². The van der Waals surface area contributed by atoms with Crippen LogP contribution in [0.4, 0.5) is 15.8 Å². The number of rotatable bonds is 7. The van der Waals surface area contributed by atoms with E-state index in [-0.39, 0.29) is 28.2 Å². The van der Waals surface area contributed by atoms with Crippen LogP contribution in [0, 0.1) is 5.82 Å². The summed E-state index contributed by atoms with van der Waals surface area (Å²) in [7, 11) is -3.99. The van der Waals surface area contributed by atoms with Crippen molar-refractivity contribution in [1.29, 1.82) is 0 Å². The summed E-state index contributed by atoms with van der Waals surface area (Å²) in [4.78, 5) is 12.5. The predicted molar refractivity (Wildman–Crippen MR) is 121 cm³/mol. The van der Waals surface area contributed by atoms with Gasteiger partial charge in [0.2, 0.25) is 0 Å². The maximum Gasteiger partial charge on any atom is 0.261 e. The van der Waals surface area contributed by atoms with Crippen molar-refractivity contribution in [3.8, 4) is 5.75 Å². The Kier molecular flexibility index (Phi) is 6.41. The summed E-state index contributed by atoms with van der Waals surface area (Å²) in [6.07, 6.45) is 4.63. The van der Waals surface area contributed by atoms with Gasteiger partial charge in [-0.2, -0.15) is 0 Å². The van der Waals surface area contributed by atoms with E-state index >= 15 is 0 Å². The molecule has 166 valence electrons. The molecule has 1 aliphatic rings. The predicted octanol–water partition coefficient (Wildman–Crippen LogP) is 5.20. The molecule has 32 heavy (non-hydrogen) atoms. The van der Waals surface area contributed by atoms with E-state index in [1.54, 1.807) is 12.1 Å². The second-order valence-electron chi connectivity index (χ2n) is 7.62. The molecule has 1 aliphatic carbocycles. The van der Waals surface area contributed by atoms with Crippen molar-refractivity contribution in [3.05, 3.63) is 84.2 Å². The minimum atomic E-state index is -3.99. The summed E-state index contributed by atoms with van der Waals surface area (Å²) in [5, 5.41) is 2.80. The zero-order chi connectivity index (χ0) is 22.6. The van der Waals surface area contributed by atoms with Gasteiger partial charge in [-0.25, -0.2) is 12.8 Å². The van der Waals surface area contributed by atoms with Crippen molar-refractivity contribution >= 4 is 27.3 Å². The Hall–Kier alpha value is -3.39. The van der Waals surface area contributed by atoms with E-state index in [4.69, 9.17) is 4.74 Å². The van der Waals surface area contributed by atoms with Crippen LogP contribution in [-0.2, 0) is 10.0 Å². The van der Waals surface area contributed by atoms with Crippen molar-refractivity contribution in [2.24, 2.45) is 0 Å². The minimum absolute atomic E-state index is 0.0794. The van der Waals surface area contributed by atoms with E-state index in [1.807, 2.05) is 12.1 Å². The minimum Gasteiger partial charge on any atom is -0.490 e. The Morgan fingerprint density at radius 1 is 0.938 bits per heavy atom. The molecule has 0 radical (unpaired) electrons. The fourth-order valence-electron chi connectivity index (χ4n) is 3.58. The van der Waals surface area contributed by atoms with E-state index < -0.39 is 15.8 Å².